The quantitative estimate of drug-likeness (QED) is 0.137. The standard InChI is InChI=1S/C21H21BrN2O2S.C19H18BrN3O2.C17H13BrN2O2S/c1-3-24-19(25)21(23-20(24)27-4-2)13-18(14-8-6-5-7-9-14)26-17-11-10-15(22)12-16(17)21;1-2-23-17(24)19(22-18(23)21)11-16(12-6-4-3-5-7-12)25-15-9-8-13(20)10-14(15)19;18-11-6-7-13-12(8-11)17(15(21)19-16(23)20-17)9-14(22-13)10-4-2-1-3-5-10/h5-12,18H,3-4,13H2,1-2H3;3-10,16H,2,11H2,1H3,(H2,21,22);1-8,14H,9H2,(H2,19,20,21,23). The molecule has 1 saturated heterocycles. The van der Waals surface area contributed by atoms with Gasteiger partial charge in [0.2, 0.25) is 0 Å². The monoisotopic (exact) mass is 1230 g/mol. The highest BCUT2D eigenvalue weighted by atomic mass is 79.9. The van der Waals surface area contributed by atoms with Crippen molar-refractivity contribution in [2.45, 2.75) is 75.0 Å². The fourth-order valence-electron chi connectivity index (χ4n) is 10.6. The van der Waals surface area contributed by atoms with Crippen molar-refractivity contribution in [2.24, 2.45) is 15.7 Å². The van der Waals surface area contributed by atoms with E-state index in [4.69, 9.17) is 37.2 Å². The first kappa shape index (κ1) is 52.4. The number of benzene rings is 6. The second kappa shape index (κ2) is 21.5. The van der Waals surface area contributed by atoms with Crippen molar-refractivity contribution in [3.8, 4) is 17.2 Å². The number of guanidine groups is 1. The van der Waals surface area contributed by atoms with Crippen LogP contribution in [0.3, 0.4) is 0 Å². The van der Waals surface area contributed by atoms with Crippen molar-refractivity contribution < 1.29 is 28.6 Å². The molecule has 3 spiro atoms. The third-order valence-corrected chi connectivity index (χ3v) is 16.6. The Hall–Kier alpha value is -6.05. The topological polar surface area (TPSA) is 160 Å². The maximum Gasteiger partial charge on any atom is 0.262 e. The van der Waals surface area contributed by atoms with Crippen LogP contribution in [-0.4, -0.2) is 62.6 Å². The molecule has 0 bridgehead atoms. The minimum atomic E-state index is -1.03. The number of carbonyl (C=O) groups is 3. The molecule has 6 heterocycles. The number of halogens is 3. The number of carbonyl (C=O) groups excluding carboxylic acids is 3. The second-order valence-electron chi connectivity index (χ2n) is 18.5. The molecule has 0 saturated carbocycles. The smallest absolute Gasteiger partial charge is 0.262 e. The number of amidine groups is 1. The van der Waals surface area contributed by atoms with E-state index < -0.39 is 16.6 Å². The Balaban J connectivity index is 0.000000129. The zero-order chi connectivity index (χ0) is 52.6. The average molecular weight is 1230 g/mol. The van der Waals surface area contributed by atoms with Crippen LogP contribution in [0.5, 0.6) is 17.2 Å². The van der Waals surface area contributed by atoms with Crippen LogP contribution in [0.2, 0.25) is 0 Å². The summed E-state index contributed by atoms with van der Waals surface area (Å²) >= 11 is 17.3. The maximum absolute atomic E-state index is 13.6. The summed E-state index contributed by atoms with van der Waals surface area (Å²) in [5, 5.41) is 7.06. The summed E-state index contributed by atoms with van der Waals surface area (Å²) in [5.74, 6) is 3.07. The van der Waals surface area contributed by atoms with Crippen LogP contribution in [0.4, 0.5) is 0 Å². The highest BCUT2D eigenvalue weighted by Crippen LogP contribution is 2.53. The van der Waals surface area contributed by atoms with Crippen LogP contribution in [0.15, 0.2) is 169 Å². The maximum atomic E-state index is 13.6. The van der Waals surface area contributed by atoms with Gasteiger partial charge in [-0.05, 0) is 103 Å². The van der Waals surface area contributed by atoms with Crippen LogP contribution >= 0.6 is 71.8 Å². The number of ether oxygens (including phenoxy) is 3. The summed E-state index contributed by atoms with van der Waals surface area (Å²) in [5.41, 5.74) is 8.75. The summed E-state index contributed by atoms with van der Waals surface area (Å²) in [6.07, 6.45) is 0.723. The molecule has 6 aliphatic rings. The van der Waals surface area contributed by atoms with E-state index in [1.165, 1.54) is 4.90 Å². The Morgan fingerprint density at radius 2 is 1.01 bits per heavy atom. The van der Waals surface area contributed by atoms with Crippen molar-refractivity contribution in [3.05, 3.63) is 192 Å². The molecule has 12 rings (SSSR count). The molecular weight excluding hydrogens is 1180 g/mol. The predicted molar refractivity (Wildman–Crippen MR) is 307 cm³/mol. The molecule has 18 heteroatoms. The van der Waals surface area contributed by atoms with E-state index in [1.54, 1.807) is 11.8 Å². The normalized spacial score (nSPS) is 24.7. The molecule has 1 fully saturated rings. The molecule has 0 aromatic heterocycles. The van der Waals surface area contributed by atoms with Crippen LogP contribution in [0.25, 0.3) is 0 Å². The largest absolute Gasteiger partial charge is 0.485 e. The number of amides is 3. The lowest BCUT2D eigenvalue weighted by Crippen LogP contribution is -2.48. The first-order valence-electron chi connectivity index (χ1n) is 24.6. The van der Waals surface area contributed by atoms with Crippen LogP contribution in [0, 0.1) is 0 Å². The Kier molecular flexibility index (Phi) is 15.0. The molecule has 6 aliphatic heterocycles. The molecule has 13 nitrogen and oxygen atoms in total. The van der Waals surface area contributed by atoms with Gasteiger partial charge in [-0.3, -0.25) is 24.2 Å². The van der Waals surface area contributed by atoms with Gasteiger partial charge in [-0.25, -0.2) is 9.98 Å². The number of aliphatic imine (C=N–C) groups is 2. The predicted octanol–water partition coefficient (Wildman–Crippen LogP) is 11.7. The zero-order valence-corrected chi connectivity index (χ0v) is 47.5. The highest BCUT2D eigenvalue weighted by Gasteiger charge is 2.56. The number of fused-ring (bicyclic) bond motifs is 6. The number of likely N-dealkylation sites (N-methyl/N-ethyl adjacent to an activating group) is 2. The molecule has 75 heavy (non-hydrogen) atoms. The molecule has 6 aromatic carbocycles. The van der Waals surface area contributed by atoms with E-state index in [2.05, 4.69) is 70.3 Å². The van der Waals surface area contributed by atoms with Crippen molar-refractivity contribution in [1.82, 2.24) is 20.4 Å². The van der Waals surface area contributed by atoms with Gasteiger partial charge in [0.05, 0.1) is 0 Å². The Morgan fingerprint density at radius 1 is 0.600 bits per heavy atom. The molecule has 6 unspecified atom stereocenters. The molecular formula is C57H52Br3N7O6S2. The number of thioether (sulfide) groups is 1. The van der Waals surface area contributed by atoms with Crippen molar-refractivity contribution in [1.29, 1.82) is 0 Å². The molecule has 0 aliphatic carbocycles. The van der Waals surface area contributed by atoms with Gasteiger partial charge in [0.25, 0.3) is 17.7 Å². The first-order valence-corrected chi connectivity index (χ1v) is 28.4. The molecule has 4 N–H and O–H groups in total. The van der Waals surface area contributed by atoms with Crippen LogP contribution in [0.1, 0.15) is 91.7 Å². The van der Waals surface area contributed by atoms with Gasteiger partial charge >= 0.3 is 0 Å². The Morgan fingerprint density at radius 3 is 1.43 bits per heavy atom. The van der Waals surface area contributed by atoms with Crippen LogP contribution < -0.4 is 30.6 Å². The van der Waals surface area contributed by atoms with E-state index >= 15 is 0 Å². The second-order valence-corrected chi connectivity index (χ2v) is 22.9. The summed E-state index contributed by atoms with van der Waals surface area (Å²) in [6.45, 7) is 7.09. The Bertz CT molecular complexity index is 3270. The lowest BCUT2D eigenvalue weighted by molar-refractivity contribution is -0.133. The van der Waals surface area contributed by atoms with E-state index in [0.29, 0.717) is 49.0 Å². The van der Waals surface area contributed by atoms with Crippen molar-refractivity contribution in [2.75, 3.05) is 18.8 Å². The van der Waals surface area contributed by atoms with Crippen LogP contribution in [-0.2, 0) is 31.0 Å². The number of nitrogens with two attached hydrogens (primary N) is 1. The number of hydrogen-bond donors (Lipinski definition) is 3. The number of nitrogens with one attached hydrogen (secondary N) is 2. The lowest BCUT2D eigenvalue weighted by Gasteiger charge is -2.38. The van der Waals surface area contributed by atoms with Crippen molar-refractivity contribution >= 4 is 106 Å². The molecule has 6 aromatic rings. The van der Waals surface area contributed by atoms with Gasteiger partial charge in [0.15, 0.2) is 32.9 Å². The summed E-state index contributed by atoms with van der Waals surface area (Å²) in [7, 11) is 0. The SMILES string of the molecule is CCN1C(=O)C2(CC(c3ccccc3)Oc3ccc(Br)cc32)N=C1N.CCSC1=NC2(CC(c3ccccc3)Oc3ccc(Br)cc32)C(=O)N1CC.O=C1NC(=S)NC12CC(c1ccccc1)Oc1ccc(Br)cc12. The minimum absolute atomic E-state index is 0.0459. The summed E-state index contributed by atoms with van der Waals surface area (Å²) in [4.78, 5) is 52.5. The first-order chi connectivity index (χ1) is 36.2. The summed E-state index contributed by atoms with van der Waals surface area (Å²) in [6, 6.07) is 47.1. The van der Waals surface area contributed by atoms with Gasteiger partial charge in [-0.1, -0.05) is 157 Å². The third kappa shape index (κ3) is 9.77. The number of hydrogen-bond acceptors (Lipinski definition) is 11. The molecule has 384 valence electrons. The lowest BCUT2D eigenvalue weighted by atomic mass is 9.80. The number of nitrogens with zero attached hydrogens (tertiary/aromatic N) is 4. The van der Waals surface area contributed by atoms with Gasteiger partial charge in [0.1, 0.15) is 35.6 Å². The average Bonchev–Trinajstić information content (AvgIpc) is 3.98. The number of rotatable bonds is 6. The minimum Gasteiger partial charge on any atom is -0.485 e. The van der Waals surface area contributed by atoms with E-state index in [9.17, 15) is 14.4 Å². The fourth-order valence-corrected chi connectivity index (χ4v) is 12.8. The van der Waals surface area contributed by atoms with Gasteiger partial charge < -0.3 is 30.6 Å². The molecule has 0 radical (unpaired) electrons. The van der Waals surface area contributed by atoms with E-state index in [0.717, 1.165) is 63.5 Å². The van der Waals surface area contributed by atoms with E-state index in [1.807, 2.05) is 164 Å². The molecule has 3 amide bonds. The Labute approximate surface area is 470 Å². The van der Waals surface area contributed by atoms with E-state index in [-0.39, 0.29) is 42.0 Å². The van der Waals surface area contributed by atoms with Gasteiger partial charge in [-0.15, -0.1) is 0 Å². The zero-order valence-electron chi connectivity index (χ0n) is 41.1. The summed E-state index contributed by atoms with van der Waals surface area (Å²) < 4.78 is 21.4. The highest BCUT2D eigenvalue weighted by molar-refractivity contribution is 9.11. The fraction of sp³-hybridized carbons (Fsp3) is 0.263. The molecule has 6 atom stereocenters. The van der Waals surface area contributed by atoms with Gasteiger partial charge in [0, 0.05) is 62.5 Å². The third-order valence-electron chi connectivity index (χ3n) is 14.1. The van der Waals surface area contributed by atoms with Gasteiger partial charge in [-0.2, -0.15) is 0 Å². The number of thiocarbonyl (C=S) groups is 1. The van der Waals surface area contributed by atoms with Crippen molar-refractivity contribution in [3.63, 3.8) is 0 Å².